The number of fused-ring (bicyclic) bond motifs is 1. The molecule has 36 heavy (non-hydrogen) atoms. The van der Waals surface area contributed by atoms with Crippen LogP contribution in [0.25, 0.3) is 21.9 Å². The summed E-state index contributed by atoms with van der Waals surface area (Å²) < 4.78 is 10.9. The Morgan fingerprint density at radius 3 is 2.31 bits per heavy atom. The van der Waals surface area contributed by atoms with Crippen molar-refractivity contribution in [1.29, 1.82) is 0 Å². The van der Waals surface area contributed by atoms with Crippen LogP contribution in [0.2, 0.25) is 0 Å². The fourth-order valence-electron chi connectivity index (χ4n) is 4.64. The van der Waals surface area contributed by atoms with Crippen LogP contribution in [0.15, 0.2) is 78.9 Å². The lowest BCUT2D eigenvalue weighted by molar-refractivity contribution is 0.0378. The van der Waals surface area contributed by atoms with Gasteiger partial charge in [-0.1, -0.05) is 42.5 Å². The Morgan fingerprint density at radius 2 is 1.56 bits per heavy atom. The molecule has 4 nitrogen and oxygen atoms in total. The molecule has 0 amide bonds. The highest BCUT2D eigenvalue weighted by molar-refractivity contribution is 5.99. The lowest BCUT2D eigenvalue weighted by atomic mass is 9.91. The van der Waals surface area contributed by atoms with Crippen LogP contribution in [0.3, 0.4) is 0 Å². The molecule has 4 rings (SSSR count). The van der Waals surface area contributed by atoms with Crippen molar-refractivity contribution in [2.24, 2.45) is 0 Å². The van der Waals surface area contributed by atoms with E-state index in [2.05, 4.69) is 73.8 Å². The summed E-state index contributed by atoms with van der Waals surface area (Å²) in [7, 11) is 1.69. The Labute approximate surface area is 214 Å². The van der Waals surface area contributed by atoms with Crippen molar-refractivity contribution in [1.82, 2.24) is 5.32 Å². The molecule has 0 aliphatic carbocycles. The second kappa shape index (κ2) is 11.0. The maximum absolute atomic E-state index is 12.7. The van der Waals surface area contributed by atoms with Gasteiger partial charge in [0.2, 0.25) is 0 Å². The van der Waals surface area contributed by atoms with Gasteiger partial charge >= 0.3 is 5.97 Å². The predicted molar refractivity (Wildman–Crippen MR) is 148 cm³/mol. The summed E-state index contributed by atoms with van der Waals surface area (Å²) >= 11 is 0. The van der Waals surface area contributed by atoms with Crippen molar-refractivity contribution in [3.05, 3.63) is 101 Å². The van der Waals surface area contributed by atoms with E-state index in [0.29, 0.717) is 5.56 Å². The minimum Gasteiger partial charge on any atom is -0.497 e. The number of esters is 1. The van der Waals surface area contributed by atoms with E-state index in [1.54, 1.807) is 7.11 Å². The zero-order valence-electron chi connectivity index (χ0n) is 22.0. The van der Waals surface area contributed by atoms with Crippen molar-refractivity contribution in [3.63, 3.8) is 0 Å². The summed E-state index contributed by atoms with van der Waals surface area (Å²) in [5, 5.41) is 6.06. The normalized spacial score (nSPS) is 13.0. The molecule has 4 heteroatoms. The Balaban J connectivity index is 1.73. The number of rotatable bonds is 8. The van der Waals surface area contributed by atoms with E-state index < -0.39 is 0 Å². The third kappa shape index (κ3) is 5.77. The molecule has 186 valence electrons. The molecule has 0 saturated carbocycles. The number of carbonyl (C=O) groups is 1. The van der Waals surface area contributed by atoms with Gasteiger partial charge in [-0.2, -0.15) is 0 Å². The molecular weight excluding hydrogens is 446 g/mol. The van der Waals surface area contributed by atoms with Gasteiger partial charge in [-0.05, 0) is 110 Å². The molecule has 0 spiro atoms. The minimum absolute atomic E-state index is 0.102. The third-order valence-electron chi connectivity index (χ3n) is 6.44. The summed E-state index contributed by atoms with van der Waals surface area (Å²) in [4.78, 5) is 12.7. The molecule has 0 bridgehead atoms. The first-order valence-corrected chi connectivity index (χ1v) is 12.5. The first kappa shape index (κ1) is 25.5. The highest BCUT2D eigenvalue weighted by Crippen LogP contribution is 2.34. The van der Waals surface area contributed by atoms with Crippen molar-refractivity contribution < 1.29 is 14.3 Å². The van der Waals surface area contributed by atoms with Crippen LogP contribution in [-0.2, 0) is 4.74 Å². The zero-order chi connectivity index (χ0) is 25.8. The molecule has 1 N–H and O–H groups in total. The number of ether oxygens (including phenoxy) is 2. The van der Waals surface area contributed by atoms with E-state index in [1.807, 2.05) is 45.0 Å². The number of aryl methyl sites for hydroxylation is 1. The van der Waals surface area contributed by atoms with Crippen LogP contribution in [-0.4, -0.2) is 19.2 Å². The van der Waals surface area contributed by atoms with E-state index >= 15 is 0 Å². The minimum atomic E-state index is -0.294. The Bertz CT molecular complexity index is 1380. The molecule has 1 unspecified atom stereocenters. The molecule has 2 atom stereocenters. The quantitative estimate of drug-likeness (QED) is 0.261. The van der Waals surface area contributed by atoms with Gasteiger partial charge in [0.15, 0.2) is 0 Å². The molecule has 0 heterocycles. The lowest BCUT2D eigenvalue weighted by Crippen LogP contribution is -2.22. The monoisotopic (exact) mass is 481 g/mol. The van der Waals surface area contributed by atoms with Gasteiger partial charge in [0.05, 0.1) is 18.8 Å². The van der Waals surface area contributed by atoms with Gasteiger partial charge in [0.25, 0.3) is 0 Å². The smallest absolute Gasteiger partial charge is 0.338 e. The van der Waals surface area contributed by atoms with E-state index in [9.17, 15) is 4.79 Å². The predicted octanol–water partition coefficient (Wildman–Crippen LogP) is 7.80. The molecule has 0 radical (unpaired) electrons. The van der Waals surface area contributed by atoms with Crippen LogP contribution in [0.4, 0.5) is 0 Å². The van der Waals surface area contributed by atoms with Crippen LogP contribution in [0.1, 0.15) is 66.8 Å². The number of nitrogens with one attached hydrogen (secondary N) is 1. The summed E-state index contributed by atoms with van der Waals surface area (Å²) in [5.74, 6) is 0.561. The van der Waals surface area contributed by atoms with Gasteiger partial charge in [0.1, 0.15) is 5.75 Å². The average molecular weight is 482 g/mol. The molecule has 0 saturated heterocycles. The van der Waals surface area contributed by atoms with Gasteiger partial charge in [-0.15, -0.1) is 0 Å². The van der Waals surface area contributed by atoms with Crippen molar-refractivity contribution in [3.8, 4) is 16.9 Å². The summed E-state index contributed by atoms with van der Waals surface area (Å²) in [5.41, 5.74) is 6.08. The maximum atomic E-state index is 12.7. The fourth-order valence-corrected chi connectivity index (χ4v) is 4.64. The van der Waals surface area contributed by atoms with Crippen LogP contribution in [0, 0.1) is 6.92 Å². The fraction of sp³-hybridized carbons (Fsp3) is 0.281. The van der Waals surface area contributed by atoms with E-state index in [-0.39, 0.29) is 24.2 Å². The Hall–Kier alpha value is -3.63. The van der Waals surface area contributed by atoms with Crippen LogP contribution >= 0.6 is 0 Å². The van der Waals surface area contributed by atoms with Crippen molar-refractivity contribution in [2.45, 2.75) is 52.8 Å². The van der Waals surface area contributed by atoms with Gasteiger partial charge in [-0.3, -0.25) is 0 Å². The number of methoxy groups -OCH3 is 1. The molecule has 0 aliphatic heterocycles. The number of carbonyl (C=O) groups excluding carboxylic acids is 1. The second-order valence-corrected chi connectivity index (χ2v) is 9.72. The Kier molecular flexibility index (Phi) is 7.76. The highest BCUT2D eigenvalue weighted by atomic mass is 16.5. The SMILES string of the molecule is COc1cccc([C@@H](C)NC(C)c2cc(-c3cc(C)cc(C(=O)OC(C)C)c3)c3ccccc3c2)c1. The number of hydrogen-bond donors (Lipinski definition) is 1. The standard InChI is InChI=1S/C32H35NO3/c1-20(2)36-32(34)28-15-21(3)14-27(17-28)31-19-26(16-25-10-7-8-13-30(25)31)23(5)33-22(4)24-11-9-12-29(18-24)35-6/h7-20,22-23,33H,1-6H3/t22-,23?/m1/s1. The molecule has 4 aromatic rings. The summed E-state index contributed by atoms with van der Waals surface area (Å²) in [6.45, 7) is 10.1. The lowest BCUT2D eigenvalue weighted by Gasteiger charge is -2.23. The van der Waals surface area contributed by atoms with Gasteiger partial charge in [0, 0.05) is 12.1 Å². The average Bonchev–Trinajstić information content (AvgIpc) is 2.87. The van der Waals surface area contributed by atoms with Crippen LogP contribution in [0.5, 0.6) is 5.75 Å². The van der Waals surface area contributed by atoms with E-state index in [0.717, 1.165) is 27.8 Å². The Morgan fingerprint density at radius 1 is 0.806 bits per heavy atom. The van der Waals surface area contributed by atoms with Gasteiger partial charge < -0.3 is 14.8 Å². The third-order valence-corrected chi connectivity index (χ3v) is 6.44. The second-order valence-electron chi connectivity index (χ2n) is 9.72. The van der Waals surface area contributed by atoms with E-state index in [4.69, 9.17) is 9.47 Å². The van der Waals surface area contributed by atoms with Crippen LogP contribution < -0.4 is 10.1 Å². The maximum Gasteiger partial charge on any atom is 0.338 e. The number of benzene rings is 4. The zero-order valence-corrected chi connectivity index (χ0v) is 22.0. The van der Waals surface area contributed by atoms with E-state index in [1.165, 1.54) is 16.5 Å². The molecule has 4 aromatic carbocycles. The largest absolute Gasteiger partial charge is 0.497 e. The molecular formula is C32H35NO3. The first-order chi connectivity index (χ1) is 17.2. The first-order valence-electron chi connectivity index (χ1n) is 12.5. The van der Waals surface area contributed by atoms with Crippen molar-refractivity contribution in [2.75, 3.05) is 7.11 Å². The summed E-state index contributed by atoms with van der Waals surface area (Å²) in [6.07, 6.45) is -0.163. The van der Waals surface area contributed by atoms with Crippen molar-refractivity contribution >= 4 is 16.7 Å². The highest BCUT2D eigenvalue weighted by Gasteiger charge is 2.17. The van der Waals surface area contributed by atoms with Gasteiger partial charge in [-0.25, -0.2) is 4.79 Å². The topological polar surface area (TPSA) is 47.6 Å². The summed E-state index contributed by atoms with van der Waals surface area (Å²) in [6, 6.07) is 27.3. The number of hydrogen-bond acceptors (Lipinski definition) is 4. The molecule has 0 fully saturated rings. The molecule has 0 aliphatic rings. The molecule has 0 aromatic heterocycles.